The molecule has 4 nitrogen and oxygen atoms in total. The molecule has 3 N–H and O–H groups in total. The first-order valence-electron chi connectivity index (χ1n) is 10.7. The van der Waals surface area contributed by atoms with Crippen molar-refractivity contribution in [1.29, 1.82) is 0 Å². The van der Waals surface area contributed by atoms with Gasteiger partial charge in [-0.15, -0.1) is 0 Å². The summed E-state index contributed by atoms with van der Waals surface area (Å²) in [6.07, 6.45) is 4.08. The van der Waals surface area contributed by atoms with Crippen LogP contribution in [-0.4, -0.2) is 34.6 Å². The molecule has 0 saturated heterocycles. The lowest BCUT2D eigenvalue weighted by Crippen LogP contribution is -2.16. The second kappa shape index (κ2) is 11.3. The summed E-state index contributed by atoms with van der Waals surface area (Å²) in [7, 11) is 0. The molecule has 0 bridgehead atoms. The highest BCUT2D eigenvalue weighted by Crippen LogP contribution is 2.29. The summed E-state index contributed by atoms with van der Waals surface area (Å²) in [6, 6.07) is 20.8. The van der Waals surface area contributed by atoms with Gasteiger partial charge in [0.25, 0.3) is 0 Å². The van der Waals surface area contributed by atoms with Crippen molar-refractivity contribution < 1.29 is 20.1 Å². The molecule has 0 spiro atoms. The van der Waals surface area contributed by atoms with E-state index in [1.54, 1.807) is 12.1 Å². The zero-order valence-electron chi connectivity index (χ0n) is 18.4. The van der Waals surface area contributed by atoms with Crippen LogP contribution in [0.3, 0.4) is 0 Å². The maximum absolute atomic E-state index is 10.8. The molecule has 0 aliphatic heterocycles. The standard InChI is InChI=1S/C28H30O4/c1-20(18-22-13-15-28(31)26-11-7-6-10-25(22)26)12-14-27(30)24(16-17-29)21(2)19-32-23-8-4-3-5-9-23/h3-11,13,15-16,18,27,29-31H,2,12,14,17,19H2,1H3/b20-18+,24-16-. The van der Waals surface area contributed by atoms with E-state index in [0.717, 1.165) is 27.7 Å². The molecule has 0 aliphatic carbocycles. The number of benzene rings is 3. The Balaban J connectivity index is 1.64. The molecule has 3 aromatic carbocycles. The van der Waals surface area contributed by atoms with E-state index >= 15 is 0 Å². The summed E-state index contributed by atoms with van der Waals surface area (Å²) in [5, 5.41) is 32.1. The average Bonchev–Trinajstić information content (AvgIpc) is 2.82. The van der Waals surface area contributed by atoms with Crippen LogP contribution in [0.15, 0.2) is 96.1 Å². The number of allylic oxidation sites excluding steroid dienone is 1. The number of hydrogen-bond acceptors (Lipinski definition) is 4. The van der Waals surface area contributed by atoms with Crippen molar-refractivity contribution in [3.05, 3.63) is 102 Å². The van der Waals surface area contributed by atoms with Gasteiger partial charge in [-0.2, -0.15) is 0 Å². The van der Waals surface area contributed by atoms with Crippen LogP contribution in [0.1, 0.15) is 25.3 Å². The van der Waals surface area contributed by atoms with E-state index in [0.29, 0.717) is 24.0 Å². The number of phenols is 1. The Morgan fingerprint density at radius 2 is 1.69 bits per heavy atom. The van der Waals surface area contributed by atoms with Gasteiger partial charge in [-0.25, -0.2) is 0 Å². The molecule has 0 aromatic heterocycles. The summed E-state index contributed by atoms with van der Waals surface area (Å²) in [6.45, 7) is 6.13. The molecule has 32 heavy (non-hydrogen) atoms. The Kier molecular flexibility index (Phi) is 8.26. The maximum Gasteiger partial charge on any atom is 0.123 e. The predicted molar refractivity (Wildman–Crippen MR) is 131 cm³/mol. The van der Waals surface area contributed by atoms with Crippen molar-refractivity contribution in [2.45, 2.75) is 25.9 Å². The van der Waals surface area contributed by atoms with E-state index in [2.05, 4.69) is 12.7 Å². The Labute approximate surface area is 189 Å². The van der Waals surface area contributed by atoms with Crippen LogP contribution in [0.2, 0.25) is 0 Å². The highest BCUT2D eigenvalue weighted by molar-refractivity contribution is 5.94. The first kappa shape index (κ1) is 23.3. The molecule has 0 radical (unpaired) electrons. The van der Waals surface area contributed by atoms with Gasteiger partial charge >= 0.3 is 0 Å². The third kappa shape index (κ3) is 6.10. The molecule has 1 unspecified atom stereocenters. The molecule has 0 heterocycles. The Hall–Kier alpha value is -3.34. The highest BCUT2D eigenvalue weighted by Gasteiger charge is 2.15. The minimum absolute atomic E-state index is 0.176. The number of aromatic hydroxyl groups is 1. The lowest BCUT2D eigenvalue weighted by molar-refractivity contribution is 0.198. The molecule has 3 aromatic rings. The van der Waals surface area contributed by atoms with Crippen LogP contribution >= 0.6 is 0 Å². The molecular formula is C28H30O4. The number of para-hydroxylation sites is 1. The van der Waals surface area contributed by atoms with E-state index in [-0.39, 0.29) is 19.0 Å². The second-order valence-corrected chi connectivity index (χ2v) is 7.81. The fraction of sp³-hybridized carbons (Fsp3) is 0.214. The SMILES string of the molecule is C=C(COc1ccccc1)/C(=C/CO)C(O)CC/C(C)=C/c1ccc(O)c2ccccc12. The average molecular weight is 431 g/mol. The molecule has 0 amide bonds. The monoisotopic (exact) mass is 430 g/mol. The van der Waals surface area contributed by atoms with Gasteiger partial charge in [-0.05, 0) is 60.1 Å². The summed E-state index contributed by atoms with van der Waals surface area (Å²) in [5.41, 5.74) is 3.37. The van der Waals surface area contributed by atoms with Crippen molar-refractivity contribution >= 4 is 16.8 Å². The van der Waals surface area contributed by atoms with Crippen molar-refractivity contribution in [2.75, 3.05) is 13.2 Å². The molecule has 0 fully saturated rings. The predicted octanol–water partition coefficient (Wildman–Crippen LogP) is 5.64. The zero-order valence-corrected chi connectivity index (χ0v) is 18.4. The molecule has 166 valence electrons. The molecule has 0 saturated carbocycles. The van der Waals surface area contributed by atoms with Gasteiger partial charge in [0.05, 0.1) is 12.7 Å². The van der Waals surface area contributed by atoms with Gasteiger partial charge < -0.3 is 20.1 Å². The van der Waals surface area contributed by atoms with Gasteiger partial charge in [0, 0.05) is 5.39 Å². The third-order valence-corrected chi connectivity index (χ3v) is 5.38. The number of phenolic OH excluding ortho intramolecular Hbond substituents is 1. The van der Waals surface area contributed by atoms with Crippen LogP contribution in [0.5, 0.6) is 11.5 Å². The number of aliphatic hydroxyl groups is 2. The fourth-order valence-electron chi connectivity index (χ4n) is 3.67. The van der Waals surface area contributed by atoms with Crippen molar-refractivity contribution in [1.82, 2.24) is 0 Å². The highest BCUT2D eigenvalue weighted by atomic mass is 16.5. The largest absolute Gasteiger partial charge is 0.507 e. The molecule has 3 rings (SSSR count). The number of hydrogen-bond donors (Lipinski definition) is 3. The first-order valence-corrected chi connectivity index (χ1v) is 10.7. The Morgan fingerprint density at radius 1 is 1.00 bits per heavy atom. The first-order chi connectivity index (χ1) is 15.5. The number of ether oxygens (including phenoxy) is 1. The topological polar surface area (TPSA) is 69.9 Å². The smallest absolute Gasteiger partial charge is 0.123 e. The molecule has 0 aliphatic rings. The second-order valence-electron chi connectivity index (χ2n) is 7.81. The minimum atomic E-state index is -0.756. The van der Waals surface area contributed by atoms with Gasteiger partial charge in [0.2, 0.25) is 0 Å². The fourth-order valence-corrected chi connectivity index (χ4v) is 3.67. The van der Waals surface area contributed by atoms with Crippen LogP contribution in [-0.2, 0) is 0 Å². The van der Waals surface area contributed by atoms with E-state index in [4.69, 9.17) is 4.74 Å². The van der Waals surface area contributed by atoms with E-state index in [1.807, 2.05) is 67.6 Å². The summed E-state index contributed by atoms with van der Waals surface area (Å²) in [5.74, 6) is 0.993. The number of rotatable bonds is 10. The van der Waals surface area contributed by atoms with E-state index < -0.39 is 6.10 Å². The van der Waals surface area contributed by atoms with Crippen LogP contribution < -0.4 is 4.74 Å². The molecule has 4 heteroatoms. The van der Waals surface area contributed by atoms with E-state index in [9.17, 15) is 15.3 Å². The maximum atomic E-state index is 10.8. The van der Waals surface area contributed by atoms with Crippen molar-refractivity contribution in [2.24, 2.45) is 0 Å². The zero-order chi connectivity index (χ0) is 22.9. The van der Waals surface area contributed by atoms with Gasteiger partial charge in [0.15, 0.2) is 0 Å². The lowest BCUT2D eigenvalue weighted by Gasteiger charge is -2.18. The summed E-state index contributed by atoms with van der Waals surface area (Å²) < 4.78 is 5.74. The molecular weight excluding hydrogens is 400 g/mol. The third-order valence-electron chi connectivity index (χ3n) is 5.38. The lowest BCUT2D eigenvalue weighted by atomic mass is 9.95. The Morgan fingerprint density at radius 3 is 2.41 bits per heavy atom. The summed E-state index contributed by atoms with van der Waals surface area (Å²) in [4.78, 5) is 0. The van der Waals surface area contributed by atoms with Gasteiger partial charge in [0.1, 0.15) is 18.1 Å². The minimum Gasteiger partial charge on any atom is -0.507 e. The van der Waals surface area contributed by atoms with Crippen molar-refractivity contribution in [3.8, 4) is 11.5 Å². The van der Waals surface area contributed by atoms with Crippen molar-refractivity contribution in [3.63, 3.8) is 0 Å². The van der Waals surface area contributed by atoms with E-state index in [1.165, 1.54) is 0 Å². The Bertz CT molecular complexity index is 1110. The number of aliphatic hydroxyl groups excluding tert-OH is 2. The van der Waals surface area contributed by atoms with Crippen LogP contribution in [0, 0.1) is 0 Å². The quantitative estimate of drug-likeness (QED) is 0.364. The van der Waals surface area contributed by atoms with Gasteiger partial charge in [-0.1, -0.05) is 72.8 Å². The van der Waals surface area contributed by atoms with Gasteiger partial charge in [-0.3, -0.25) is 0 Å². The van der Waals surface area contributed by atoms with Crippen LogP contribution in [0.4, 0.5) is 0 Å². The molecule has 1 atom stereocenters. The number of fused-ring (bicyclic) bond motifs is 1. The summed E-state index contributed by atoms with van der Waals surface area (Å²) >= 11 is 0. The van der Waals surface area contributed by atoms with Crippen LogP contribution in [0.25, 0.3) is 16.8 Å². The normalized spacial score (nSPS) is 13.2.